The van der Waals surface area contributed by atoms with E-state index >= 15 is 0 Å². The van der Waals surface area contributed by atoms with Gasteiger partial charge in [-0.25, -0.2) is 0 Å². The molecular formula is C26H32F3N3O3S. The number of carbonyl (C=O) groups excluding carboxylic acids is 1. The lowest BCUT2D eigenvalue weighted by Gasteiger charge is -2.36. The van der Waals surface area contributed by atoms with Gasteiger partial charge in [0.2, 0.25) is 5.91 Å². The molecular weight excluding hydrogens is 491 g/mol. The number of halogens is 3. The zero-order valence-electron chi connectivity index (χ0n) is 20.3. The molecule has 196 valence electrons. The van der Waals surface area contributed by atoms with Crippen LogP contribution in [-0.4, -0.2) is 68.4 Å². The first-order chi connectivity index (χ1) is 17.3. The number of hydrogen-bond acceptors (Lipinski definition) is 6. The zero-order valence-corrected chi connectivity index (χ0v) is 21.1. The van der Waals surface area contributed by atoms with Crippen LogP contribution in [0.5, 0.6) is 5.75 Å². The molecule has 1 saturated heterocycles. The van der Waals surface area contributed by atoms with E-state index in [1.807, 2.05) is 29.2 Å². The fraction of sp³-hybridized carbons (Fsp3) is 0.500. The van der Waals surface area contributed by atoms with E-state index in [0.717, 1.165) is 55.9 Å². The highest BCUT2D eigenvalue weighted by molar-refractivity contribution is 8.00. The minimum absolute atomic E-state index is 0.0291. The lowest BCUT2D eigenvalue weighted by atomic mass is 9.93. The molecule has 1 aliphatic carbocycles. The largest absolute Gasteiger partial charge is 0.497 e. The van der Waals surface area contributed by atoms with Crippen molar-refractivity contribution in [2.24, 2.45) is 0 Å². The summed E-state index contributed by atoms with van der Waals surface area (Å²) in [4.78, 5) is 17.0. The quantitative estimate of drug-likeness (QED) is 0.468. The van der Waals surface area contributed by atoms with E-state index in [9.17, 15) is 18.0 Å². The molecule has 4 rings (SSSR count). The number of anilines is 2. The average molecular weight is 524 g/mol. The lowest BCUT2D eigenvalue weighted by Crippen LogP contribution is -2.50. The van der Waals surface area contributed by atoms with Crippen LogP contribution >= 0.6 is 11.8 Å². The Bertz CT molecular complexity index is 973. The van der Waals surface area contributed by atoms with Crippen molar-refractivity contribution < 1.29 is 27.4 Å². The number of thioether (sulfide) groups is 1. The van der Waals surface area contributed by atoms with Crippen LogP contribution in [0.1, 0.15) is 25.7 Å². The molecule has 36 heavy (non-hydrogen) atoms. The number of carbonyl (C=O) groups is 1. The number of nitrogens with zero attached hydrogens (tertiary/aromatic N) is 2. The maximum absolute atomic E-state index is 12.7. The molecule has 0 spiro atoms. The molecule has 6 nitrogen and oxygen atoms in total. The molecule has 1 heterocycles. The SMILES string of the molecule is COc1ccc(N2CCN(C(=O)COC3CCC(Nc4ccc(SC(F)(F)F)cc4)CC3)CC2)cc1. The van der Waals surface area contributed by atoms with Crippen LogP contribution < -0.4 is 15.0 Å². The second kappa shape index (κ2) is 12.1. The van der Waals surface area contributed by atoms with Gasteiger partial charge in [0.05, 0.1) is 13.2 Å². The average Bonchev–Trinajstić information content (AvgIpc) is 2.88. The van der Waals surface area contributed by atoms with Gasteiger partial charge in [0, 0.05) is 48.5 Å². The van der Waals surface area contributed by atoms with Crippen molar-refractivity contribution >= 4 is 29.0 Å². The third-order valence-corrected chi connectivity index (χ3v) is 7.38. The molecule has 0 bridgehead atoms. The molecule has 1 aliphatic heterocycles. The van der Waals surface area contributed by atoms with Crippen LogP contribution in [0.15, 0.2) is 53.4 Å². The van der Waals surface area contributed by atoms with E-state index < -0.39 is 5.51 Å². The third kappa shape index (κ3) is 7.70. The Balaban J connectivity index is 1.13. The van der Waals surface area contributed by atoms with Gasteiger partial charge < -0.3 is 24.6 Å². The van der Waals surface area contributed by atoms with Gasteiger partial charge in [-0.05, 0) is 86.0 Å². The van der Waals surface area contributed by atoms with Crippen LogP contribution in [-0.2, 0) is 9.53 Å². The molecule has 0 unspecified atom stereocenters. The smallest absolute Gasteiger partial charge is 0.446 e. The Morgan fingerprint density at radius 3 is 2.19 bits per heavy atom. The van der Waals surface area contributed by atoms with E-state index in [1.54, 1.807) is 19.2 Å². The van der Waals surface area contributed by atoms with Crippen molar-refractivity contribution in [3.05, 3.63) is 48.5 Å². The highest BCUT2D eigenvalue weighted by Crippen LogP contribution is 2.37. The maximum atomic E-state index is 12.7. The standard InChI is InChI=1S/C26H32F3N3O3S/c1-34-22-10-6-21(7-11-22)31-14-16-32(17-15-31)25(33)18-35-23-8-2-19(3-9-23)30-20-4-12-24(13-5-20)36-26(27,28)29/h4-7,10-13,19,23,30H,2-3,8-9,14-18H2,1H3. The molecule has 2 aromatic carbocycles. The fourth-order valence-electron chi connectivity index (χ4n) is 4.65. The topological polar surface area (TPSA) is 54.0 Å². The molecule has 1 saturated carbocycles. The first-order valence-corrected chi connectivity index (χ1v) is 13.0. The predicted molar refractivity (Wildman–Crippen MR) is 136 cm³/mol. The summed E-state index contributed by atoms with van der Waals surface area (Å²) in [5.41, 5.74) is -2.34. The fourth-order valence-corrected chi connectivity index (χ4v) is 5.19. The summed E-state index contributed by atoms with van der Waals surface area (Å²) in [6, 6.07) is 14.5. The number of rotatable bonds is 8. The van der Waals surface area contributed by atoms with Crippen LogP contribution in [0.2, 0.25) is 0 Å². The molecule has 1 amide bonds. The summed E-state index contributed by atoms with van der Waals surface area (Å²) in [5, 5.41) is 3.40. The highest BCUT2D eigenvalue weighted by atomic mass is 32.2. The van der Waals surface area contributed by atoms with Gasteiger partial charge >= 0.3 is 5.51 Å². The van der Waals surface area contributed by atoms with Gasteiger partial charge in [0.15, 0.2) is 0 Å². The van der Waals surface area contributed by atoms with Crippen molar-refractivity contribution in [3.63, 3.8) is 0 Å². The molecule has 2 aromatic rings. The van der Waals surface area contributed by atoms with Crippen molar-refractivity contribution in [2.75, 3.05) is 50.1 Å². The number of methoxy groups -OCH3 is 1. The third-order valence-electron chi connectivity index (χ3n) is 6.65. The summed E-state index contributed by atoms with van der Waals surface area (Å²) in [6.07, 6.45) is 3.52. The Kier molecular flexibility index (Phi) is 8.90. The number of piperazine rings is 1. The number of alkyl halides is 3. The van der Waals surface area contributed by atoms with E-state index in [0.29, 0.717) is 13.1 Å². The summed E-state index contributed by atoms with van der Waals surface area (Å²) in [6.45, 7) is 3.01. The van der Waals surface area contributed by atoms with Crippen LogP contribution in [0.4, 0.5) is 24.5 Å². The van der Waals surface area contributed by atoms with Gasteiger partial charge in [0.25, 0.3) is 0 Å². The first-order valence-electron chi connectivity index (χ1n) is 12.2. The van der Waals surface area contributed by atoms with Gasteiger partial charge in [-0.1, -0.05) is 0 Å². The van der Waals surface area contributed by atoms with E-state index in [-0.39, 0.29) is 41.3 Å². The molecule has 0 atom stereocenters. The highest BCUT2D eigenvalue weighted by Gasteiger charge is 2.29. The number of nitrogens with one attached hydrogen (secondary N) is 1. The molecule has 2 aliphatic rings. The van der Waals surface area contributed by atoms with Crippen molar-refractivity contribution in [1.82, 2.24) is 4.90 Å². The second-order valence-electron chi connectivity index (χ2n) is 9.07. The van der Waals surface area contributed by atoms with Crippen LogP contribution in [0.3, 0.4) is 0 Å². The lowest BCUT2D eigenvalue weighted by molar-refractivity contribution is -0.139. The number of amides is 1. The minimum Gasteiger partial charge on any atom is -0.497 e. The van der Waals surface area contributed by atoms with Crippen molar-refractivity contribution in [3.8, 4) is 5.75 Å². The van der Waals surface area contributed by atoms with Crippen LogP contribution in [0.25, 0.3) is 0 Å². The summed E-state index contributed by atoms with van der Waals surface area (Å²) in [5.74, 6) is 0.855. The van der Waals surface area contributed by atoms with Crippen LogP contribution in [0, 0.1) is 0 Å². The molecule has 0 aromatic heterocycles. The summed E-state index contributed by atoms with van der Waals surface area (Å²) < 4.78 is 48.6. The molecule has 1 N–H and O–H groups in total. The summed E-state index contributed by atoms with van der Waals surface area (Å²) >= 11 is -0.108. The number of benzene rings is 2. The molecule has 2 fully saturated rings. The van der Waals surface area contributed by atoms with Gasteiger partial charge in [-0.2, -0.15) is 13.2 Å². The van der Waals surface area contributed by atoms with E-state index in [1.165, 1.54) is 12.1 Å². The number of ether oxygens (including phenoxy) is 2. The Hall–Kier alpha value is -2.59. The maximum Gasteiger partial charge on any atom is 0.446 e. The van der Waals surface area contributed by atoms with E-state index in [4.69, 9.17) is 9.47 Å². The van der Waals surface area contributed by atoms with Gasteiger partial charge in [-0.3, -0.25) is 4.79 Å². The molecule has 0 radical (unpaired) electrons. The van der Waals surface area contributed by atoms with Crippen molar-refractivity contribution in [2.45, 2.75) is 48.2 Å². The Labute approximate surface area is 214 Å². The second-order valence-corrected chi connectivity index (χ2v) is 10.2. The summed E-state index contributed by atoms with van der Waals surface area (Å²) in [7, 11) is 1.65. The van der Waals surface area contributed by atoms with Gasteiger partial charge in [0.1, 0.15) is 12.4 Å². The van der Waals surface area contributed by atoms with Gasteiger partial charge in [-0.15, -0.1) is 0 Å². The predicted octanol–water partition coefficient (Wildman–Crippen LogP) is 5.40. The normalized spacial score (nSPS) is 20.8. The van der Waals surface area contributed by atoms with E-state index in [2.05, 4.69) is 10.2 Å². The first kappa shape index (κ1) is 26.5. The van der Waals surface area contributed by atoms with Crippen molar-refractivity contribution in [1.29, 1.82) is 0 Å². The Morgan fingerprint density at radius 2 is 1.61 bits per heavy atom. The minimum atomic E-state index is -4.28. The monoisotopic (exact) mass is 523 g/mol. The number of hydrogen-bond donors (Lipinski definition) is 1. The Morgan fingerprint density at radius 1 is 0.972 bits per heavy atom. The zero-order chi connectivity index (χ0) is 25.5. The molecule has 10 heteroatoms.